The van der Waals surface area contributed by atoms with E-state index in [1.807, 2.05) is 19.1 Å². The van der Waals surface area contributed by atoms with Gasteiger partial charge >= 0.3 is 0 Å². The smallest absolute Gasteiger partial charge is 0.0625 e. The van der Waals surface area contributed by atoms with E-state index in [1.54, 1.807) is 0 Å². The van der Waals surface area contributed by atoms with Gasteiger partial charge in [-0.3, -0.25) is 0 Å². The van der Waals surface area contributed by atoms with Crippen molar-refractivity contribution in [1.82, 2.24) is 0 Å². The Hall–Kier alpha value is -1.50. The maximum absolute atomic E-state index is 6.57. The molecule has 0 spiro atoms. The van der Waals surface area contributed by atoms with Crippen LogP contribution in [0, 0.1) is 6.92 Å². The zero-order valence-corrected chi connectivity index (χ0v) is 13.3. The molecule has 3 aromatic rings. The molecule has 106 valence electrons. The average Bonchev–Trinajstić information content (AvgIpc) is 2.50. The number of alkyl halides is 1. The summed E-state index contributed by atoms with van der Waals surface area (Å²) < 4.78 is 0. The van der Waals surface area contributed by atoms with Gasteiger partial charge in [0.2, 0.25) is 0 Å². The van der Waals surface area contributed by atoms with Gasteiger partial charge in [-0.15, -0.1) is 11.6 Å². The molecule has 0 N–H and O–H groups in total. The quantitative estimate of drug-likeness (QED) is 0.496. The normalized spacial score (nSPS) is 12.5. The van der Waals surface area contributed by atoms with Gasteiger partial charge in [0.05, 0.1) is 5.38 Å². The van der Waals surface area contributed by atoms with Gasteiger partial charge in [0.15, 0.2) is 0 Å². The van der Waals surface area contributed by atoms with E-state index in [0.717, 1.165) is 22.6 Å². The van der Waals surface area contributed by atoms with Crippen molar-refractivity contribution in [2.24, 2.45) is 0 Å². The van der Waals surface area contributed by atoms with Crippen molar-refractivity contribution in [2.45, 2.75) is 18.7 Å². The molecule has 0 aromatic heterocycles. The number of benzene rings is 3. The predicted molar refractivity (Wildman–Crippen MR) is 92.4 cm³/mol. The van der Waals surface area contributed by atoms with Crippen LogP contribution in [0.2, 0.25) is 5.02 Å². The molecule has 2 heteroatoms. The van der Waals surface area contributed by atoms with Crippen LogP contribution in [-0.4, -0.2) is 0 Å². The summed E-state index contributed by atoms with van der Waals surface area (Å²) in [5, 5.41) is 3.26. The van der Waals surface area contributed by atoms with Crippen molar-refractivity contribution in [3.8, 4) is 0 Å². The standard InChI is InChI=1S/C19H16Cl2/c1-13-10-17(8-9-18(13)20)19(21)12-14-6-7-15-4-2-3-5-16(15)11-14/h2-11,19H,12H2,1H3. The van der Waals surface area contributed by atoms with Crippen LogP contribution in [0.25, 0.3) is 10.8 Å². The highest BCUT2D eigenvalue weighted by molar-refractivity contribution is 6.31. The molecule has 0 bridgehead atoms. The van der Waals surface area contributed by atoms with E-state index >= 15 is 0 Å². The van der Waals surface area contributed by atoms with Crippen LogP contribution in [0.3, 0.4) is 0 Å². The summed E-state index contributed by atoms with van der Waals surface area (Å²) in [6.07, 6.45) is 0.813. The molecule has 0 aliphatic rings. The number of halogens is 2. The molecule has 0 saturated carbocycles. The molecule has 0 saturated heterocycles. The Labute approximate surface area is 135 Å². The summed E-state index contributed by atoms with van der Waals surface area (Å²) in [4.78, 5) is 0. The van der Waals surface area contributed by atoms with Gasteiger partial charge < -0.3 is 0 Å². The van der Waals surface area contributed by atoms with Gasteiger partial charge in [-0.25, -0.2) is 0 Å². The minimum atomic E-state index is -0.0397. The van der Waals surface area contributed by atoms with Crippen LogP contribution >= 0.6 is 23.2 Å². The Kier molecular flexibility index (Phi) is 4.19. The fourth-order valence-corrected chi connectivity index (χ4v) is 2.98. The average molecular weight is 315 g/mol. The minimum absolute atomic E-state index is 0.0397. The molecule has 0 nitrogen and oxygen atoms in total. The van der Waals surface area contributed by atoms with E-state index in [-0.39, 0.29) is 5.38 Å². The van der Waals surface area contributed by atoms with Crippen molar-refractivity contribution in [3.05, 3.63) is 82.4 Å². The molecular formula is C19H16Cl2. The van der Waals surface area contributed by atoms with Crippen LogP contribution in [-0.2, 0) is 6.42 Å². The second kappa shape index (κ2) is 6.09. The van der Waals surface area contributed by atoms with Crippen molar-refractivity contribution in [1.29, 1.82) is 0 Å². The Morgan fingerprint density at radius 1 is 0.905 bits per heavy atom. The monoisotopic (exact) mass is 314 g/mol. The van der Waals surface area contributed by atoms with E-state index in [9.17, 15) is 0 Å². The lowest BCUT2D eigenvalue weighted by molar-refractivity contribution is 0.920. The molecule has 3 rings (SSSR count). The first-order valence-electron chi connectivity index (χ1n) is 7.01. The van der Waals surface area contributed by atoms with Crippen molar-refractivity contribution in [2.75, 3.05) is 0 Å². The summed E-state index contributed by atoms with van der Waals surface area (Å²) in [6.45, 7) is 2.01. The van der Waals surface area contributed by atoms with E-state index in [0.29, 0.717) is 0 Å². The molecule has 0 heterocycles. The van der Waals surface area contributed by atoms with E-state index in [2.05, 4.69) is 48.5 Å². The first-order chi connectivity index (χ1) is 10.1. The summed E-state index contributed by atoms with van der Waals surface area (Å²) in [6, 6.07) is 20.9. The number of hydrogen-bond acceptors (Lipinski definition) is 0. The number of aryl methyl sites for hydroxylation is 1. The van der Waals surface area contributed by atoms with E-state index in [1.165, 1.54) is 16.3 Å². The second-order valence-corrected chi connectivity index (χ2v) is 6.30. The highest BCUT2D eigenvalue weighted by Crippen LogP contribution is 2.29. The molecule has 0 radical (unpaired) electrons. The lowest BCUT2D eigenvalue weighted by Crippen LogP contribution is -1.96. The second-order valence-electron chi connectivity index (χ2n) is 5.36. The summed E-state index contributed by atoms with van der Waals surface area (Å²) in [5.74, 6) is 0. The Balaban J connectivity index is 1.85. The largest absolute Gasteiger partial charge is 0.117 e. The molecule has 1 atom stereocenters. The number of rotatable bonds is 3. The van der Waals surface area contributed by atoms with Crippen molar-refractivity contribution < 1.29 is 0 Å². The van der Waals surface area contributed by atoms with Crippen LogP contribution < -0.4 is 0 Å². The van der Waals surface area contributed by atoms with Crippen LogP contribution in [0.4, 0.5) is 0 Å². The van der Waals surface area contributed by atoms with Crippen LogP contribution in [0.5, 0.6) is 0 Å². The van der Waals surface area contributed by atoms with Gasteiger partial charge in [0, 0.05) is 5.02 Å². The third-order valence-corrected chi connectivity index (χ3v) is 4.60. The predicted octanol–water partition coefficient (Wildman–Crippen LogP) is 6.32. The van der Waals surface area contributed by atoms with E-state index < -0.39 is 0 Å². The fraction of sp³-hybridized carbons (Fsp3) is 0.158. The minimum Gasteiger partial charge on any atom is -0.117 e. The molecule has 0 fully saturated rings. The first-order valence-corrected chi connectivity index (χ1v) is 7.83. The lowest BCUT2D eigenvalue weighted by atomic mass is 10.00. The first kappa shape index (κ1) is 14.4. The van der Waals surface area contributed by atoms with Gasteiger partial charge in [-0.2, -0.15) is 0 Å². The number of fused-ring (bicyclic) bond motifs is 1. The van der Waals surface area contributed by atoms with Crippen LogP contribution in [0.15, 0.2) is 60.7 Å². The summed E-state index contributed by atoms with van der Waals surface area (Å²) in [7, 11) is 0. The fourth-order valence-electron chi connectivity index (χ4n) is 2.55. The highest BCUT2D eigenvalue weighted by atomic mass is 35.5. The zero-order chi connectivity index (χ0) is 14.8. The molecule has 21 heavy (non-hydrogen) atoms. The van der Waals surface area contributed by atoms with Gasteiger partial charge in [-0.05, 0) is 46.9 Å². The Morgan fingerprint density at radius 3 is 2.43 bits per heavy atom. The maximum Gasteiger partial charge on any atom is 0.0625 e. The number of hydrogen-bond donors (Lipinski definition) is 0. The summed E-state index contributed by atoms with van der Waals surface area (Å²) >= 11 is 12.6. The van der Waals surface area contributed by atoms with Gasteiger partial charge in [0.1, 0.15) is 0 Å². The van der Waals surface area contributed by atoms with Crippen LogP contribution in [0.1, 0.15) is 22.1 Å². The third-order valence-electron chi connectivity index (χ3n) is 3.77. The van der Waals surface area contributed by atoms with Gasteiger partial charge in [-0.1, -0.05) is 66.2 Å². The van der Waals surface area contributed by atoms with Crippen molar-refractivity contribution >= 4 is 34.0 Å². The maximum atomic E-state index is 6.57. The summed E-state index contributed by atoms with van der Waals surface area (Å²) in [5.41, 5.74) is 3.44. The Bertz CT molecular complexity index is 777. The zero-order valence-electron chi connectivity index (χ0n) is 11.8. The molecule has 0 amide bonds. The van der Waals surface area contributed by atoms with E-state index in [4.69, 9.17) is 23.2 Å². The molecular weight excluding hydrogens is 299 g/mol. The van der Waals surface area contributed by atoms with Crippen molar-refractivity contribution in [3.63, 3.8) is 0 Å². The molecule has 1 unspecified atom stereocenters. The lowest BCUT2D eigenvalue weighted by Gasteiger charge is -2.12. The SMILES string of the molecule is Cc1cc(C(Cl)Cc2ccc3ccccc3c2)ccc1Cl. The van der Waals surface area contributed by atoms with Gasteiger partial charge in [0.25, 0.3) is 0 Å². The Morgan fingerprint density at radius 2 is 1.67 bits per heavy atom. The topological polar surface area (TPSA) is 0 Å². The molecule has 0 aliphatic heterocycles. The highest BCUT2D eigenvalue weighted by Gasteiger charge is 2.10. The third kappa shape index (κ3) is 3.23. The molecule has 3 aromatic carbocycles. The molecule has 0 aliphatic carbocycles.